The fraction of sp³-hybridized carbons (Fsp3) is 0.533. The molecule has 0 fully saturated rings. The molecule has 18 heavy (non-hydrogen) atoms. The first-order chi connectivity index (χ1) is 8.29. The third kappa shape index (κ3) is 4.88. The summed E-state index contributed by atoms with van der Waals surface area (Å²) >= 11 is 0. The molecular formula is C15H23NO2. The minimum atomic E-state index is -0.742. The Morgan fingerprint density at radius 3 is 2.50 bits per heavy atom. The zero-order chi connectivity index (χ0) is 13.8. The second-order valence-electron chi connectivity index (χ2n) is 5.73. The molecule has 3 heteroatoms. The van der Waals surface area contributed by atoms with Crippen LogP contribution in [0.15, 0.2) is 24.3 Å². The van der Waals surface area contributed by atoms with Crippen LogP contribution >= 0.6 is 0 Å². The van der Waals surface area contributed by atoms with Crippen molar-refractivity contribution >= 4 is 5.97 Å². The zero-order valence-electron chi connectivity index (χ0n) is 11.7. The Morgan fingerprint density at radius 1 is 1.33 bits per heavy atom. The highest BCUT2D eigenvalue weighted by Gasteiger charge is 2.21. The molecule has 0 saturated heterocycles. The summed E-state index contributed by atoms with van der Waals surface area (Å²) < 4.78 is 0. The van der Waals surface area contributed by atoms with Crippen molar-refractivity contribution in [2.45, 2.75) is 46.2 Å². The summed E-state index contributed by atoms with van der Waals surface area (Å²) in [5.74, 6) is -0.742. The van der Waals surface area contributed by atoms with E-state index in [0.29, 0.717) is 6.54 Å². The lowest BCUT2D eigenvalue weighted by atomic mass is 10.0. The second kappa shape index (κ2) is 6.01. The van der Waals surface area contributed by atoms with Gasteiger partial charge in [0, 0.05) is 18.6 Å². The van der Waals surface area contributed by atoms with Crippen LogP contribution in [-0.4, -0.2) is 28.1 Å². The first-order valence-electron chi connectivity index (χ1n) is 6.31. The van der Waals surface area contributed by atoms with Crippen molar-refractivity contribution in [1.82, 2.24) is 4.90 Å². The first kappa shape index (κ1) is 14.7. The molecule has 0 aromatic heterocycles. The molecule has 0 aliphatic heterocycles. The van der Waals surface area contributed by atoms with Gasteiger partial charge in [0.1, 0.15) is 0 Å². The molecule has 1 rings (SSSR count). The van der Waals surface area contributed by atoms with Gasteiger partial charge in [-0.15, -0.1) is 0 Å². The van der Waals surface area contributed by atoms with Gasteiger partial charge in [-0.3, -0.25) is 9.69 Å². The van der Waals surface area contributed by atoms with Crippen LogP contribution in [0.25, 0.3) is 0 Å². The standard InChI is InChI=1S/C15H23NO2/c1-12-6-5-7-13(10-12)11-16(15(2,3)4)9-8-14(17)18/h5-7,10H,8-9,11H2,1-4H3,(H,17,18). The fourth-order valence-electron chi connectivity index (χ4n) is 1.91. The van der Waals surface area contributed by atoms with Crippen molar-refractivity contribution in [2.75, 3.05) is 6.54 Å². The number of nitrogens with zero attached hydrogens (tertiary/aromatic N) is 1. The van der Waals surface area contributed by atoms with E-state index < -0.39 is 5.97 Å². The molecule has 0 unspecified atom stereocenters. The Labute approximate surface area is 109 Å². The Morgan fingerprint density at radius 2 is 2.00 bits per heavy atom. The molecule has 0 aliphatic rings. The van der Waals surface area contributed by atoms with Crippen molar-refractivity contribution in [3.05, 3.63) is 35.4 Å². The van der Waals surface area contributed by atoms with Crippen molar-refractivity contribution in [3.8, 4) is 0 Å². The minimum absolute atomic E-state index is 0.0286. The summed E-state index contributed by atoms with van der Waals surface area (Å²) in [4.78, 5) is 12.9. The van der Waals surface area contributed by atoms with Gasteiger partial charge in [-0.2, -0.15) is 0 Å². The van der Waals surface area contributed by atoms with Crippen LogP contribution in [0.2, 0.25) is 0 Å². The van der Waals surface area contributed by atoms with Gasteiger partial charge in [0.05, 0.1) is 6.42 Å². The van der Waals surface area contributed by atoms with E-state index in [1.165, 1.54) is 11.1 Å². The Balaban J connectivity index is 2.75. The number of carboxylic acids is 1. The number of rotatable bonds is 5. The topological polar surface area (TPSA) is 40.5 Å². The highest BCUT2D eigenvalue weighted by Crippen LogP contribution is 2.18. The second-order valence-corrected chi connectivity index (χ2v) is 5.73. The average molecular weight is 249 g/mol. The van der Waals surface area contributed by atoms with Crippen LogP contribution in [0.4, 0.5) is 0 Å². The maximum atomic E-state index is 10.7. The maximum absolute atomic E-state index is 10.7. The van der Waals surface area contributed by atoms with Gasteiger partial charge in [0.25, 0.3) is 0 Å². The number of aliphatic carboxylic acids is 1. The number of hydrogen-bond acceptors (Lipinski definition) is 2. The number of hydrogen-bond donors (Lipinski definition) is 1. The van der Waals surface area contributed by atoms with Crippen molar-refractivity contribution in [2.24, 2.45) is 0 Å². The SMILES string of the molecule is Cc1cccc(CN(CCC(=O)O)C(C)(C)C)c1. The molecule has 0 bridgehead atoms. The molecular weight excluding hydrogens is 226 g/mol. The molecule has 3 nitrogen and oxygen atoms in total. The molecule has 0 saturated carbocycles. The average Bonchev–Trinajstić information content (AvgIpc) is 2.22. The molecule has 0 radical (unpaired) electrons. The van der Waals surface area contributed by atoms with E-state index in [1.54, 1.807) is 0 Å². The van der Waals surface area contributed by atoms with Crippen LogP contribution in [0.1, 0.15) is 38.3 Å². The number of benzene rings is 1. The molecule has 1 N–H and O–H groups in total. The lowest BCUT2D eigenvalue weighted by molar-refractivity contribution is -0.137. The van der Waals surface area contributed by atoms with Gasteiger partial charge >= 0.3 is 5.97 Å². The van der Waals surface area contributed by atoms with Crippen LogP contribution < -0.4 is 0 Å². The van der Waals surface area contributed by atoms with Gasteiger partial charge in [0.2, 0.25) is 0 Å². The highest BCUT2D eigenvalue weighted by molar-refractivity contribution is 5.66. The Bertz CT molecular complexity index is 407. The van der Waals surface area contributed by atoms with Gasteiger partial charge in [-0.05, 0) is 33.3 Å². The maximum Gasteiger partial charge on any atom is 0.304 e. The van der Waals surface area contributed by atoms with Crippen molar-refractivity contribution in [3.63, 3.8) is 0 Å². The van der Waals surface area contributed by atoms with E-state index in [9.17, 15) is 4.79 Å². The summed E-state index contributed by atoms with van der Waals surface area (Å²) in [6.07, 6.45) is 0.184. The number of carbonyl (C=O) groups is 1. The van der Waals surface area contributed by atoms with Gasteiger partial charge < -0.3 is 5.11 Å². The Hall–Kier alpha value is -1.35. The van der Waals surface area contributed by atoms with E-state index in [-0.39, 0.29) is 12.0 Å². The van der Waals surface area contributed by atoms with Crippen LogP contribution in [-0.2, 0) is 11.3 Å². The van der Waals surface area contributed by atoms with Crippen LogP contribution in [0, 0.1) is 6.92 Å². The predicted molar refractivity (Wildman–Crippen MR) is 73.6 cm³/mol. The predicted octanol–water partition coefficient (Wildman–Crippen LogP) is 3.07. The first-order valence-corrected chi connectivity index (χ1v) is 6.31. The quantitative estimate of drug-likeness (QED) is 0.872. The smallest absolute Gasteiger partial charge is 0.304 e. The van der Waals surface area contributed by atoms with Crippen LogP contribution in [0.5, 0.6) is 0 Å². The third-order valence-corrected chi connectivity index (χ3v) is 3.00. The highest BCUT2D eigenvalue weighted by atomic mass is 16.4. The summed E-state index contributed by atoms with van der Waals surface area (Å²) in [6, 6.07) is 8.36. The molecule has 0 heterocycles. The van der Waals surface area contributed by atoms with E-state index in [1.807, 2.05) is 6.07 Å². The largest absolute Gasteiger partial charge is 0.481 e. The lowest BCUT2D eigenvalue weighted by Gasteiger charge is -2.35. The molecule has 0 atom stereocenters. The summed E-state index contributed by atoms with van der Waals surface area (Å²) in [5.41, 5.74) is 2.44. The monoisotopic (exact) mass is 249 g/mol. The molecule has 0 spiro atoms. The fourth-order valence-corrected chi connectivity index (χ4v) is 1.91. The number of aryl methyl sites for hydroxylation is 1. The molecule has 1 aromatic carbocycles. The summed E-state index contributed by atoms with van der Waals surface area (Å²) in [7, 11) is 0. The van der Waals surface area contributed by atoms with E-state index in [2.05, 4.69) is 50.8 Å². The third-order valence-electron chi connectivity index (χ3n) is 3.00. The van der Waals surface area contributed by atoms with E-state index >= 15 is 0 Å². The lowest BCUT2D eigenvalue weighted by Crippen LogP contribution is -2.42. The summed E-state index contributed by atoms with van der Waals surface area (Å²) in [5, 5.41) is 8.81. The van der Waals surface area contributed by atoms with E-state index in [0.717, 1.165) is 6.54 Å². The van der Waals surface area contributed by atoms with E-state index in [4.69, 9.17) is 5.11 Å². The summed E-state index contributed by atoms with van der Waals surface area (Å²) in [6.45, 7) is 9.79. The number of carboxylic acid groups (broad SMARTS) is 1. The van der Waals surface area contributed by atoms with Crippen LogP contribution in [0.3, 0.4) is 0 Å². The molecule has 1 aromatic rings. The van der Waals surface area contributed by atoms with Crippen molar-refractivity contribution in [1.29, 1.82) is 0 Å². The van der Waals surface area contributed by atoms with Gasteiger partial charge in [0.15, 0.2) is 0 Å². The molecule has 100 valence electrons. The van der Waals surface area contributed by atoms with Gasteiger partial charge in [-0.25, -0.2) is 0 Å². The molecule has 0 aliphatic carbocycles. The normalized spacial score (nSPS) is 11.8. The molecule has 0 amide bonds. The Kier molecular flexibility index (Phi) is 4.91. The zero-order valence-corrected chi connectivity index (χ0v) is 11.7. The van der Waals surface area contributed by atoms with Crippen molar-refractivity contribution < 1.29 is 9.90 Å². The van der Waals surface area contributed by atoms with Gasteiger partial charge in [-0.1, -0.05) is 29.8 Å². The minimum Gasteiger partial charge on any atom is -0.481 e.